The molecule has 0 atom stereocenters. The van der Waals surface area contributed by atoms with Crippen LogP contribution in [0.2, 0.25) is 0 Å². The quantitative estimate of drug-likeness (QED) is 0.197. The van der Waals surface area contributed by atoms with E-state index in [0.29, 0.717) is 5.92 Å². The number of aromatic nitrogens is 6. The Balaban J connectivity index is 1.11. The van der Waals surface area contributed by atoms with E-state index in [-0.39, 0.29) is 0 Å². The second-order valence-corrected chi connectivity index (χ2v) is 10.4. The van der Waals surface area contributed by atoms with Gasteiger partial charge in [0.05, 0.1) is 19.6 Å². The van der Waals surface area contributed by atoms with Gasteiger partial charge in [-0.1, -0.05) is 54.6 Å². The smallest absolute Gasteiger partial charge is 0.236 e. The molecule has 0 amide bonds. The molecule has 6 aromatic rings. The van der Waals surface area contributed by atoms with Gasteiger partial charge in [0.15, 0.2) is 0 Å². The minimum atomic E-state index is 0.604. The predicted octanol–water partition coefficient (Wildman–Crippen LogP) is 5.11. The molecule has 3 aromatic heterocycles. The third-order valence-corrected chi connectivity index (χ3v) is 7.62. The lowest BCUT2D eigenvalue weighted by Gasteiger charge is -2.14. The summed E-state index contributed by atoms with van der Waals surface area (Å²) in [5, 5.41) is 0. The van der Waals surface area contributed by atoms with E-state index in [1.807, 2.05) is 0 Å². The molecule has 0 fully saturated rings. The topological polar surface area (TPSA) is 26.4 Å². The van der Waals surface area contributed by atoms with Gasteiger partial charge in [-0.25, -0.2) is 27.4 Å². The first-order chi connectivity index (χ1) is 19.8. The van der Waals surface area contributed by atoms with Crippen molar-refractivity contribution in [2.24, 2.45) is 5.92 Å². The number of rotatable bonds is 12. The van der Waals surface area contributed by atoms with Crippen molar-refractivity contribution < 1.29 is 13.7 Å². The molecule has 0 radical (unpaired) electrons. The SMILES string of the molecule is c1ccc(-n2cc[n+](CCC(CC[n+]3ccn(-c4ccccc4)c3)CC[n+]3ccn(-c4ccccc4)c3)c2)cc1. The number of hydrogen-bond donors (Lipinski definition) is 0. The highest BCUT2D eigenvalue weighted by Gasteiger charge is 2.17. The van der Waals surface area contributed by atoms with Gasteiger partial charge in [0.2, 0.25) is 19.0 Å². The number of nitrogens with zero attached hydrogens (tertiary/aromatic N) is 6. The molecular weight excluding hydrogens is 492 g/mol. The standard InChI is InChI=1S/C34H37N6/c1-4-10-32(11-5-1)38-25-22-35(28-38)19-16-31(17-20-36-23-26-39(29-36)33-12-6-2-7-13-33)18-21-37-24-27-40(30-37)34-14-8-3-9-15-34/h1-15,22-31H,16-21H2/q+3. The third-order valence-electron chi connectivity index (χ3n) is 7.62. The van der Waals surface area contributed by atoms with Crippen LogP contribution in [0.3, 0.4) is 0 Å². The van der Waals surface area contributed by atoms with Gasteiger partial charge in [0.1, 0.15) is 54.2 Å². The Hall–Kier alpha value is -4.71. The fourth-order valence-corrected chi connectivity index (χ4v) is 5.27. The fourth-order valence-electron chi connectivity index (χ4n) is 5.27. The highest BCUT2D eigenvalue weighted by molar-refractivity contribution is 5.31. The Kier molecular flexibility index (Phi) is 7.94. The third kappa shape index (κ3) is 6.46. The van der Waals surface area contributed by atoms with Gasteiger partial charge >= 0.3 is 0 Å². The number of aryl methyl sites for hydroxylation is 3. The Morgan fingerprint density at radius 1 is 0.425 bits per heavy atom. The summed E-state index contributed by atoms with van der Waals surface area (Å²) in [6.07, 6.45) is 23.0. The van der Waals surface area contributed by atoms with Crippen molar-refractivity contribution in [2.75, 3.05) is 0 Å². The van der Waals surface area contributed by atoms with Gasteiger partial charge in [0, 0.05) is 0 Å². The summed E-state index contributed by atoms with van der Waals surface area (Å²) in [5.41, 5.74) is 3.57. The zero-order valence-electron chi connectivity index (χ0n) is 22.9. The van der Waals surface area contributed by atoms with Crippen LogP contribution in [0, 0.1) is 5.92 Å². The van der Waals surface area contributed by atoms with Gasteiger partial charge in [-0.15, -0.1) is 0 Å². The average Bonchev–Trinajstić information content (AvgIpc) is 3.80. The van der Waals surface area contributed by atoms with Crippen LogP contribution >= 0.6 is 0 Å². The largest absolute Gasteiger partial charge is 0.248 e. The van der Waals surface area contributed by atoms with E-state index in [2.05, 4.69) is 175 Å². The lowest BCUT2D eigenvalue weighted by Crippen LogP contribution is -2.37. The molecule has 6 rings (SSSR count). The Morgan fingerprint density at radius 2 is 0.725 bits per heavy atom. The molecule has 0 bridgehead atoms. The lowest BCUT2D eigenvalue weighted by molar-refractivity contribution is -0.706. The van der Waals surface area contributed by atoms with Crippen molar-refractivity contribution in [1.29, 1.82) is 0 Å². The molecule has 0 unspecified atom stereocenters. The molecule has 3 aromatic carbocycles. The summed E-state index contributed by atoms with van der Waals surface area (Å²) in [6, 6.07) is 31.5. The van der Waals surface area contributed by atoms with Crippen molar-refractivity contribution in [3.63, 3.8) is 0 Å². The van der Waals surface area contributed by atoms with Crippen LogP contribution in [0.1, 0.15) is 19.3 Å². The van der Waals surface area contributed by atoms with E-state index in [1.54, 1.807) is 0 Å². The number of imidazole rings is 3. The molecule has 0 saturated carbocycles. The highest BCUT2D eigenvalue weighted by atomic mass is 15.1. The maximum Gasteiger partial charge on any atom is 0.248 e. The zero-order chi connectivity index (χ0) is 27.0. The fraction of sp³-hybridized carbons (Fsp3) is 0.206. The van der Waals surface area contributed by atoms with Crippen molar-refractivity contribution >= 4 is 0 Å². The van der Waals surface area contributed by atoms with E-state index < -0.39 is 0 Å². The summed E-state index contributed by atoms with van der Waals surface area (Å²) in [7, 11) is 0. The summed E-state index contributed by atoms with van der Waals surface area (Å²) in [5.74, 6) is 0.604. The monoisotopic (exact) mass is 529 g/mol. The summed E-state index contributed by atoms with van der Waals surface area (Å²) < 4.78 is 13.5. The molecule has 6 heteroatoms. The maximum absolute atomic E-state index is 2.32. The number of para-hydroxylation sites is 3. The van der Waals surface area contributed by atoms with Crippen LogP contribution in [0.15, 0.2) is 147 Å². The molecule has 0 N–H and O–H groups in total. The maximum atomic E-state index is 2.32. The normalized spacial score (nSPS) is 11.3. The second kappa shape index (κ2) is 12.4. The van der Waals surface area contributed by atoms with Crippen LogP contribution in [-0.2, 0) is 19.6 Å². The van der Waals surface area contributed by atoms with Crippen molar-refractivity contribution in [2.45, 2.75) is 38.9 Å². The van der Waals surface area contributed by atoms with E-state index in [1.165, 1.54) is 17.1 Å². The van der Waals surface area contributed by atoms with E-state index >= 15 is 0 Å². The number of hydrogen-bond acceptors (Lipinski definition) is 0. The summed E-state index contributed by atoms with van der Waals surface area (Å²) >= 11 is 0. The lowest BCUT2D eigenvalue weighted by atomic mass is 9.97. The Labute approximate surface area is 236 Å². The first-order valence-electron chi connectivity index (χ1n) is 14.2. The van der Waals surface area contributed by atoms with Crippen molar-refractivity contribution in [3.05, 3.63) is 147 Å². The molecule has 3 heterocycles. The first-order valence-corrected chi connectivity index (χ1v) is 14.2. The Bertz CT molecular complexity index is 1400. The molecule has 0 spiro atoms. The highest BCUT2D eigenvalue weighted by Crippen LogP contribution is 2.15. The van der Waals surface area contributed by atoms with Gasteiger partial charge < -0.3 is 0 Å². The average molecular weight is 530 g/mol. The van der Waals surface area contributed by atoms with Crippen LogP contribution in [0.4, 0.5) is 0 Å². The molecule has 0 saturated heterocycles. The summed E-state index contributed by atoms with van der Waals surface area (Å²) in [4.78, 5) is 0. The van der Waals surface area contributed by atoms with E-state index in [0.717, 1.165) is 38.9 Å². The van der Waals surface area contributed by atoms with Crippen molar-refractivity contribution in [1.82, 2.24) is 13.7 Å². The molecule has 0 aliphatic carbocycles. The van der Waals surface area contributed by atoms with Crippen LogP contribution in [0.25, 0.3) is 17.1 Å². The molecule has 200 valence electrons. The minimum absolute atomic E-state index is 0.604. The van der Waals surface area contributed by atoms with E-state index in [9.17, 15) is 0 Å². The van der Waals surface area contributed by atoms with Gasteiger partial charge in [-0.3, -0.25) is 0 Å². The molecule has 0 aliphatic rings. The van der Waals surface area contributed by atoms with Crippen LogP contribution in [-0.4, -0.2) is 13.7 Å². The predicted molar refractivity (Wildman–Crippen MR) is 155 cm³/mol. The van der Waals surface area contributed by atoms with Crippen molar-refractivity contribution in [3.8, 4) is 17.1 Å². The molecule has 0 aliphatic heterocycles. The minimum Gasteiger partial charge on any atom is -0.236 e. The first kappa shape index (κ1) is 25.6. The van der Waals surface area contributed by atoms with Crippen LogP contribution < -0.4 is 13.7 Å². The zero-order valence-corrected chi connectivity index (χ0v) is 22.9. The summed E-state index contributed by atoms with van der Waals surface area (Å²) in [6.45, 7) is 3.03. The molecule has 40 heavy (non-hydrogen) atoms. The second-order valence-electron chi connectivity index (χ2n) is 10.4. The number of benzene rings is 3. The van der Waals surface area contributed by atoms with Gasteiger partial charge in [-0.2, -0.15) is 0 Å². The molecule has 6 nitrogen and oxygen atoms in total. The van der Waals surface area contributed by atoms with Crippen LogP contribution in [0.5, 0.6) is 0 Å². The van der Waals surface area contributed by atoms with E-state index in [4.69, 9.17) is 0 Å². The van der Waals surface area contributed by atoms with Gasteiger partial charge in [0.25, 0.3) is 0 Å². The molecular formula is C34H37N6+3. The van der Waals surface area contributed by atoms with Gasteiger partial charge in [-0.05, 0) is 61.6 Å². The Morgan fingerprint density at radius 3 is 1.02 bits per heavy atom.